The van der Waals surface area contributed by atoms with E-state index in [4.69, 9.17) is 16.3 Å². The minimum Gasteiger partial charge on any atom is -0.477 e. The maximum absolute atomic E-state index is 13.4. The van der Waals surface area contributed by atoms with Crippen LogP contribution < -0.4 is 5.32 Å². The number of nitrogens with zero attached hydrogens (tertiary/aromatic N) is 1. The van der Waals surface area contributed by atoms with Crippen molar-refractivity contribution < 1.29 is 19.0 Å². The Labute approximate surface area is 180 Å². The van der Waals surface area contributed by atoms with E-state index in [-0.39, 0.29) is 23.4 Å². The van der Waals surface area contributed by atoms with Crippen molar-refractivity contribution >= 4 is 28.5 Å². The summed E-state index contributed by atoms with van der Waals surface area (Å²) < 4.78 is 20.7. The zero-order valence-corrected chi connectivity index (χ0v) is 17.9. The lowest BCUT2D eigenvalue weighted by molar-refractivity contribution is 0.0683. The minimum absolute atomic E-state index is 0.194. The first-order valence-electron chi connectivity index (χ1n) is 9.98. The molecule has 2 N–H and O–H groups in total. The molecule has 0 unspecified atom stereocenters. The molecule has 1 heterocycles. The molecule has 30 heavy (non-hydrogen) atoms. The van der Waals surface area contributed by atoms with Gasteiger partial charge in [-0.05, 0) is 50.6 Å². The number of carboxylic acid groups (broad SMARTS) is 1. The number of hydrogen-bond donors (Lipinski definition) is 2. The summed E-state index contributed by atoms with van der Waals surface area (Å²) in [6.45, 7) is 6.03. The second kappa shape index (κ2) is 10.1. The largest absolute Gasteiger partial charge is 0.477 e. The lowest BCUT2D eigenvalue weighted by Crippen LogP contribution is -2.20. The predicted octanol–water partition coefficient (Wildman–Crippen LogP) is 5.09. The third-order valence-electron chi connectivity index (χ3n) is 4.87. The Morgan fingerprint density at radius 1 is 1.27 bits per heavy atom. The smallest absolute Gasteiger partial charge is 0.352 e. The van der Waals surface area contributed by atoms with Crippen molar-refractivity contribution in [2.75, 3.05) is 13.2 Å². The van der Waals surface area contributed by atoms with Crippen LogP contribution in [0.5, 0.6) is 0 Å². The molecule has 160 valence electrons. The lowest BCUT2D eigenvalue weighted by Gasteiger charge is -2.11. The average Bonchev–Trinajstić information content (AvgIpc) is 3.00. The second-order valence-electron chi connectivity index (χ2n) is 7.42. The third-order valence-corrected chi connectivity index (χ3v) is 5.22. The van der Waals surface area contributed by atoms with Crippen LogP contribution in [0.25, 0.3) is 10.9 Å². The highest BCUT2D eigenvalue weighted by atomic mass is 35.5. The van der Waals surface area contributed by atoms with E-state index in [0.29, 0.717) is 18.7 Å². The summed E-state index contributed by atoms with van der Waals surface area (Å²) in [5.74, 6) is -1.43. The van der Waals surface area contributed by atoms with Gasteiger partial charge in [0.25, 0.3) is 0 Å². The molecule has 0 saturated heterocycles. The number of carbonyl (C=O) groups is 1. The molecule has 0 bridgehead atoms. The van der Waals surface area contributed by atoms with Gasteiger partial charge in [-0.2, -0.15) is 0 Å². The Bertz CT molecular complexity index is 1030. The van der Waals surface area contributed by atoms with Crippen molar-refractivity contribution in [2.45, 2.75) is 39.5 Å². The van der Waals surface area contributed by atoms with Crippen LogP contribution >= 0.6 is 11.6 Å². The predicted molar refractivity (Wildman–Crippen MR) is 117 cm³/mol. The molecule has 3 aromatic rings. The summed E-state index contributed by atoms with van der Waals surface area (Å²) in [6.07, 6.45) is 1.03. The molecule has 0 aliphatic carbocycles. The maximum Gasteiger partial charge on any atom is 0.352 e. The van der Waals surface area contributed by atoms with Crippen molar-refractivity contribution in [1.82, 2.24) is 9.88 Å². The van der Waals surface area contributed by atoms with Gasteiger partial charge >= 0.3 is 5.97 Å². The number of aromatic nitrogens is 1. The molecular weight excluding hydrogens is 407 g/mol. The van der Waals surface area contributed by atoms with Crippen LogP contribution in [0, 0.1) is 5.82 Å². The van der Waals surface area contributed by atoms with Crippen molar-refractivity contribution in [2.24, 2.45) is 0 Å². The van der Waals surface area contributed by atoms with Crippen molar-refractivity contribution in [3.8, 4) is 0 Å². The van der Waals surface area contributed by atoms with Crippen molar-refractivity contribution in [3.63, 3.8) is 0 Å². The van der Waals surface area contributed by atoms with Crippen LogP contribution in [0.1, 0.15) is 41.9 Å². The molecule has 0 aliphatic rings. The van der Waals surface area contributed by atoms with Crippen LogP contribution in [0.2, 0.25) is 5.02 Å². The summed E-state index contributed by atoms with van der Waals surface area (Å²) in [7, 11) is 0. The number of halogens is 2. The number of rotatable bonds is 10. The van der Waals surface area contributed by atoms with E-state index in [1.165, 1.54) is 12.1 Å². The van der Waals surface area contributed by atoms with Crippen LogP contribution in [0.3, 0.4) is 0 Å². The Hall–Kier alpha value is -2.41. The van der Waals surface area contributed by atoms with Gasteiger partial charge in [-0.15, -0.1) is 0 Å². The molecule has 0 amide bonds. The molecule has 2 aromatic carbocycles. The molecular formula is C23H26ClFN2O3. The SMILES string of the molecule is CC(C)OCCCNCc1c(C(=O)O)n(Cc2ccc(F)cc2Cl)c2ccccc12. The summed E-state index contributed by atoms with van der Waals surface area (Å²) in [4.78, 5) is 12.2. The van der Waals surface area contributed by atoms with Crippen LogP contribution in [0.4, 0.5) is 4.39 Å². The molecule has 1 aromatic heterocycles. The van der Waals surface area contributed by atoms with Gasteiger partial charge in [0.05, 0.1) is 6.10 Å². The van der Waals surface area contributed by atoms with E-state index < -0.39 is 11.8 Å². The van der Waals surface area contributed by atoms with Gasteiger partial charge in [-0.25, -0.2) is 9.18 Å². The fourth-order valence-electron chi connectivity index (χ4n) is 3.51. The molecule has 0 atom stereocenters. The number of para-hydroxylation sites is 1. The van der Waals surface area contributed by atoms with E-state index in [1.807, 2.05) is 38.1 Å². The number of carboxylic acids is 1. The fourth-order valence-corrected chi connectivity index (χ4v) is 3.74. The van der Waals surface area contributed by atoms with E-state index in [1.54, 1.807) is 10.6 Å². The van der Waals surface area contributed by atoms with Gasteiger partial charge < -0.3 is 19.7 Å². The van der Waals surface area contributed by atoms with E-state index >= 15 is 0 Å². The first kappa shape index (κ1) is 22.3. The molecule has 0 radical (unpaired) electrons. The van der Waals surface area contributed by atoms with E-state index in [0.717, 1.165) is 29.4 Å². The van der Waals surface area contributed by atoms with Gasteiger partial charge in [0.15, 0.2) is 0 Å². The topological polar surface area (TPSA) is 63.5 Å². The van der Waals surface area contributed by atoms with Gasteiger partial charge in [0, 0.05) is 41.2 Å². The second-order valence-corrected chi connectivity index (χ2v) is 7.83. The highest BCUT2D eigenvalue weighted by Crippen LogP contribution is 2.29. The number of aromatic carboxylic acids is 1. The molecule has 0 aliphatic heterocycles. The molecule has 5 nitrogen and oxygen atoms in total. The highest BCUT2D eigenvalue weighted by molar-refractivity contribution is 6.31. The first-order valence-corrected chi connectivity index (χ1v) is 10.4. The van der Waals surface area contributed by atoms with E-state index in [2.05, 4.69) is 5.32 Å². The van der Waals surface area contributed by atoms with Crippen LogP contribution in [-0.4, -0.2) is 34.9 Å². The Balaban J connectivity index is 1.89. The summed E-state index contributed by atoms with van der Waals surface area (Å²) in [5, 5.41) is 14.5. The number of ether oxygens (including phenoxy) is 1. The van der Waals surface area contributed by atoms with Gasteiger partial charge in [0.1, 0.15) is 11.5 Å². The Morgan fingerprint density at radius 2 is 2.03 bits per heavy atom. The molecule has 0 fully saturated rings. The number of nitrogens with one attached hydrogen (secondary N) is 1. The molecule has 0 saturated carbocycles. The monoisotopic (exact) mass is 432 g/mol. The summed E-state index contributed by atoms with van der Waals surface area (Å²) >= 11 is 6.20. The zero-order valence-electron chi connectivity index (χ0n) is 17.1. The normalized spacial score (nSPS) is 11.5. The van der Waals surface area contributed by atoms with Crippen LogP contribution in [-0.2, 0) is 17.8 Å². The highest BCUT2D eigenvalue weighted by Gasteiger charge is 2.22. The zero-order chi connectivity index (χ0) is 21.7. The first-order chi connectivity index (χ1) is 14.4. The van der Waals surface area contributed by atoms with Crippen LogP contribution in [0.15, 0.2) is 42.5 Å². The molecule has 3 rings (SSSR count). The number of benzene rings is 2. The van der Waals surface area contributed by atoms with Crippen molar-refractivity contribution in [3.05, 3.63) is 70.1 Å². The standard InChI is InChI=1S/C23H26ClFN2O3/c1-15(2)30-11-5-10-26-13-19-18-6-3-4-7-21(18)27(22(19)23(28)29)14-16-8-9-17(25)12-20(16)24/h3-4,6-9,12,15,26H,5,10-11,13-14H2,1-2H3,(H,28,29). The number of fused-ring (bicyclic) bond motifs is 1. The van der Waals surface area contributed by atoms with Gasteiger partial charge in [-0.1, -0.05) is 35.9 Å². The lowest BCUT2D eigenvalue weighted by atomic mass is 10.1. The molecule has 0 spiro atoms. The minimum atomic E-state index is -1.01. The summed E-state index contributed by atoms with van der Waals surface area (Å²) in [6, 6.07) is 11.7. The van der Waals surface area contributed by atoms with Gasteiger partial charge in [0.2, 0.25) is 0 Å². The fraction of sp³-hybridized carbons (Fsp3) is 0.348. The number of hydrogen-bond acceptors (Lipinski definition) is 3. The Morgan fingerprint density at radius 3 is 2.73 bits per heavy atom. The van der Waals surface area contributed by atoms with E-state index in [9.17, 15) is 14.3 Å². The summed E-state index contributed by atoms with van der Waals surface area (Å²) in [5.41, 5.74) is 2.39. The van der Waals surface area contributed by atoms with Crippen molar-refractivity contribution in [1.29, 1.82) is 0 Å². The quantitative estimate of drug-likeness (QED) is 0.438. The third kappa shape index (κ3) is 5.19. The van der Waals surface area contributed by atoms with Gasteiger partial charge in [-0.3, -0.25) is 0 Å². The molecule has 7 heteroatoms. The average molecular weight is 433 g/mol. The Kier molecular flexibility index (Phi) is 7.48. The maximum atomic E-state index is 13.4.